The van der Waals surface area contributed by atoms with E-state index in [0.29, 0.717) is 0 Å². The van der Waals surface area contributed by atoms with E-state index in [2.05, 4.69) is 29.4 Å². The van der Waals surface area contributed by atoms with Gasteiger partial charge < -0.3 is 15.0 Å². The molecule has 2 aromatic carbocycles. The molecule has 0 spiro atoms. The fraction of sp³-hybridized carbons (Fsp3) is 0.294. The molecule has 0 heterocycles. The standard InChI is InChI=1S/C17H21ClN2O/c1-19-11-14-10-15(18)8-9-16(14)20(2)12-13-6-4-5-7-17(13)21-3/h4-10,19H,11-12H2,1-3H3. The van der Waals surface area contributed by atoms with Gasteiger partial charge in [0.1, 0.15) is 5.75 Å². The molecule has 0 saturated heterocycles. The largest absolute Gasteiger partial charge is 0.496 e. The summed E-state index contributed by atoms with van der Waals surface area (Å²) >= 11 is 6.10. The Morgan fingerprint density at radius 2 is 1.90 bits per heavy atom. The predicted octanol–water partition coefficient (Wildman–Crippen LogP) is 3.70. The number of hydrogen-bond acceptors (Lipinski definition) is 3. The number of methoxy groups -OCH3 is 1. The first-order valence-electron chi connectivity index (χ1n) is 6.91. The van der Waals surface area contributed by atoms with E-state index >= 15 is 0 Å². The third-order valence-electron chi connectivity index (χ3n) is 3.42. The maximum atomic E-state index is 6.10. The van der Waals surface area contributed by atoms with Crippen LogP contribution in [0.5, 0.6) is 5.75 Å². The number of hydrogen-bond donors (Lipinski definition) is 1. The van der Waals surface area contributed by atoms with Gasteiger partial charge in [-0.15, -0.1) is 0 Å². The number of nitrogens with zero attached hydrogens (tertiary/aromatic N) is 1. The minimum atomic E-state index is 0.759. The third kappa shape index (κ3) is 3.90. The Labute approximate surface area is 131 Å². The van der Waals surface area contributed by atoms with Crippen molar-refractivity contribution < 1.29 is 4.74 Å². The lowest BCUT2D eigenvalue weighted by molar-refractivity contribution is 0.409. The number of rotatable bonds is 6. The topological polar surface area (TPSA) is 24.5 Å². The zero-order valence-electron chi connectivity index (χ0n) is 12.7. The highest BCUT2D eigenvalue weighted by Gasteiger charge is 2.10. The van der Waals surface area contributed by atoms with E-state index in [1.165, 1.54) is 11.3 Å². The Kier molecular flexibility index (Phi) is 5.48. The van der Waals surface area contributed by atoms with Crippen LogP contribution in [0.3, 0.4) is 0 Å². The number of para-hydroxylation sites is 1. The van der Waals surface area contributed by atoms with E-state index in [4.69, 9.17) is 16.3 Å². The van der Waals surface area contributed by atoms with Crippen molar-refractivity contribution in [1.82, 2.24) is 5.32 Å². The molecule has 0 aromatic heterocycles. The van der Waals surface area contributed by atoms with Crippen LogP contribution >= 0.6 is 11.6 Å². The van der Waals surface area contributed by atoms with Gasteiger partial charge in [-0.3, -0.25) is 0 Å². The fourth-order valence-corrected chi connectivity index (χ4v) is 2.63. The van der Waals surface area contributed by atoms with Gasteiger partial charge in [0.15, 0.2) is 0 Å². The van der Waals surface area contributed by atoms with Crippen LogP contribution in [-0.4, -0.2) is 21.2 Å². The zero-order valence-corrected chi connectivity index (χ0v) is 13.4. The average Bonchev–Trinajstić information content (AvgIpc) is 2.48. The van der Waals surface area contributed by atoms with Crippen molar-refractivity contribution in [2.24, 2.45) is 0 Å². The maximum absolute atomic E-state index is 6.10. The molecule has 112 valence electrons. The SMILES string of the molecule is CNCc1cc(Cl)ccc1N(C)Cc1ccccc1OC. The number of halogens is 1. The molecule has 0 amide bonds. The number of benzene rings is 2. The minimum absolute atomic E-state index is 0.759. The average molecular weight is 305 g/mol. The van der Waals surface area contributed by atoms with Crippen molar-refractivity contribution in [3.8, 4) is 5.75 Å². The highest BCUT2D eigenvalue weighted by atomic mass is 35.5. The first-order chi connectivity index (χ1) is 10.2. The normalized spacial score (nSPS) is 10.5. The molecule has 0 radical (unpaired) electrons. The Morgan fingerprint density at radius 3 is 2.62 bits per heavy atom. The summed E-state index contributed by atoms with van der Waals surface area (Å²) in [5.74, 6) is 0.911. The van der Waals surface area contributed by atoms with Gasteiger partial charge in [-0.05, 0) is 36.9 Å². The van der Waals surface area contributed by atoms with Crippen LogP contribution in [0.25, 0.3) is 0 Å². The fourth-order valence-electron chi connectivity index (χ4n) is 2.43. The smallest absolute Gasteiger partial charge is 0.123 e. The van der Waals surface area contributed by atoms with Crippen molar-refractivity contribution in [2.45, 2.75) is 13.1 Å². The van der Waals surface area contributed by atoms with Gasteiger partial charge in [-0.2, -0.15) is 0 Å². The summed E-state index contributed by atoms with van der Waals surface area (Å²) in [6.45, 7) is 1.56. The Bertz CT molecular complexity index is 601. The molecular formula is C17H21ClN2O. The summed E-state index contributed by atoms with van der Waals surface area (Å²) in [5, 5.41) is 3.94. The molecule has 0 bridgehead atoms. The van der Waals surface area contributed by atoms with E-state index in [0.717, 1.165) is 29.4 Å². The first kappa shape index (κ1) is 15.7. The highest BCUT2D eigenvalue weighted by molar-refractivity contribution is 6.30. The monoisotopic (exact) mass is 304 g/mol. The molecule has 0 aliphatic rings. The molecule has 0 fully saturated rings. The van der Waals surface area contributed by atoms with E-state index in [1.54, 1.807) is 7.11 Å². The van der Waals surface area contributed by atoms with Crippen LogP contribution in [0.1, 0.15) is 11.1 Å². The highest BCUT2D eigenvalue weighted by Crippen LogP contribution is 2.27. The molecule has 0 atom stereocenters. The molecular weight excluding hydrogens is 284 g/mol. The molecule has 0 saturated carbocycles. The summed E-state index contributed by atoms with van der Waals surface area (Å²) < 4.78 is 5.42. The maximum Gasteiger partial charge on any atom is 0.123 e. The molecule has 0 aliphatic heterocycles. The van der Waals surface area contributed by atoms with Gasteiger partial charge in [-0.25, -0.2) is 0 Å². The van der Waals surface area contributed by atoms with Gasteiger partial charge >= 0.3 is 0 Å². The van der Waals surface area contributed by atoms with Crippen LogP contribution in [-0.2, 0) is 13.1 Å². The summed E-state index contributed by atoms with van der Waals surface area (Å²) in [7, 11) is 5.72. The van der Waals surface area contributed by atoms with Crippen molar-refractivity contribution in [1.29, 1.82) is 0 Å². The van der Waals surface area contributed by atoms with Gasteiger partial charge in [-0.1, -0.05) is 29.8 Å². The second kappa shape index (κ2) is 7.34. The lowest BCUT2D eigenvalue weighted by Gasteiger charge is -2.23. The molecule has 21 heavy (non-hydrogen) atoms. The van der Waals surface area contributed by atoms with Gasteiger partial charge in [0.2, 0.25) is 0 Å². The molecule has 2 rings (SSSR count). The lowest BCUT2D eigenvalue weighted by atomic mass is 10.1. The number of ether oxygens (including phenoxy) is 1. The molecule has 0 aliphatic carbocycles. The molecule has 4 heteroatoms. The van der Waals surface area contributed by atoms with Crippen LogP contribution < -0.4 is 15.0 Å². The summed E-state index contributed by atoms with van der Waals surface area (Å²) in [6.07, 6.45) is 0. The van der Waals surface area contributed by atoms with Crippen LogP contribution in [0, 0.1) is 0 Å². The lowest BCUT2D eigenvalue weighted by Crippen LogP contribution is -2.20. The first-order valence-corrected chi connectivity index (χ1v) is 7.29. The van der Waals surface area contributed by atoms with Crippen LogP contribution in [0.2, 0.25) is 5.02 Å². The summed E-state index contributed by atoms with van der Waals surface area (Å²) in [5.41, 5.74) is 3.51. The van der Waals surface area contributed by atoms with E-state index in [9.17, 15) is 0 Å². The summed E-state index contributed by atoms with van der Waals surface area (Å²) in [6, 6.07) is 14.1. The Balaban J connectivity index is 2.25. The van der Waals surface area contributed by atoms with Crippen LogP contribution in [0.15, 0.2) is 42.5 Å². The van der Waals surface area contributed by atoms with E-state index in [-0.39, 0.29) is 0 Å². The minimum Gasteiger partial charge on any atom is -0.496 e. The molecule has 3 nitrogen and oxygen atoms in total. The predicted molar refractivity (Wildman–Crippen MR) is 89.3 cm³/mol. The van der Waals surface area contributed by atoms with Crippen molar-refractivity contribution in [2.75, 3.05) is 26.1 Å². The van der Waals surface area contributed by atoms with E-state index < -0.39 is 0 Å². The molecule has 1 N–H and O–H groups in total. The van der Waals surface area contributed by atoms with Gasteiger partial charge in [0, 0.05) is 36.4 Å². The van der Waals surface area contributed by atoms with Crippen molar-refractivity contribution in [3.05, 3.63) is 58.6 Å². The number of anilines is 1. The van der Waals surface area contributed by atoms with Gasteiger partial charge in [0.05, 0.1) is 7.11 Å². The Morgan fingerprint density at radius 1 is 1.14 bits per heavy atom. The van der Waals surface area contributed by atoms with Crippen molar-refractivity contribution in [3.63, 3.8) is 0 Å². The van der Waals surface area contributed by atoms with Crippen LogP contribution in [0.4, 0.5) is 5.69 Å². The van der Waals surface area contributed by atoms with Crippen molar-refractivity contribution >= 4 is 17.3 Å². The van der Waals surface area contributed by atoms with E-state index in [1.807, 2.05) is 37.4 Å². The second-order valence-electron chi connectivity index (χ2n) is 4.97. The van der Waals surface area contributed by atoms with Gasteiger partial charge in [0.25, 0.3) is 0 Å². The number of nitrogens with one attached hydrogen (secondary N) is 1. The summed E-state index contributed by atoms with van der Waals surface area (Å²) in [4.78, 5) is 2.21. The quantitative estimate of drug-likeness (QED) is 0.880. The third-order valence-corrected chi connectivity index (χ3v) is 3.66. The molecule has 2 aromatic rings. The molecule has 0 unspecified atom stereocenters. The Hall–Kier alpha value is -1.71. The zero-order chi connectivity index (χ0) is 15.2. The second-order valence-corrected chi connectivity index (χ2v) is 5.41.